The molecule has 0 amide bonds. The molecule has 0 radical (unpaired) electrons. The van der Waals surface area contributed by atoms with Crippen LogP contribution in [-0.2, 0) is 38.2 Å². The molecule has 3 N–H and O–H groups in total. The number of aliphatic hydroxyl groups is 2. The van der Waals surface area contributed by atoms with Gasteiger partial charge < -0.3 is 24.6 Å². The molecule has 8 nitrogen and oxygen atoms in total. The van der Waals surface area contributed by atoms with E-state index in [9.17, 15) is 18.6 Å². The van der Waals surface area contributed by atoms with E-state index in [-0.39, 0.29) is 36.2 Å². The third-order valence-corrected chi connectivity index (χ3v) is 12.3. The number of hydrogen-bond donors (Lipinski definition) is 3. The molecule has 0 unspecified atom stereocenters. The highest BCUT2D eigenvalue weighted by Crippen LogP contribution is 2.43. The number of hydrogen-bond acceptors (Lipinski definition) is 7. The van der Waals surface area contributed by atoms with E-state index < -0.39 is 21.9 Å². The summed E-state index contributed by atoms with van der Waals surface area (Å²) in [5, 5.41) is 21.8. The Balaban J connectivity index is 1.09. The fraction of sp³-hybridized carbons (Fsp3) is 0.302. The van der Waals surface area contributed by atoms with Crippen molar-refractivity contribution in [3.63, 3.8) is 0 Å². The van der Waals surface area contributed by atoms with Crippen molar-refractivity contribution in [1.82, 2.24) is 9.62 Å². The lowest BCUT2D eigenvalue weighted by Crippen LogP contribution is -2.49. The summed E-state index contributed by atoms with van der Waals surface area (Å²) in [7, 11) is -3.67. The van der Waals surface area contributed by atoms with Gasteiger partial charge in [-0.3, -0.25) is 0 Å². The van der Waals surface area contributed by atoms with Gasteiger partial charge in [0.25, 0.3) is 0 Å². The molecule has 10 heteroatoms. The number of sulfonamides is 1. The Morgan fingerprint density at radius 3 is 2.13 bits per heavy atom. The highest BCUT2D eigenvalue weighted by Gasteiger charge is 2.41. The molecular formula is C43H45ClN2O6S. The second-order valence-electron chi connectivity index (χ2n) is 14.1. The molecule has 0 saturated carbocycles. The van der Waals surface area contributed by atoms with E-state index >= 15 is 0 Å². The van der Waals surface area contributed by atoms with Crippen LogP contribution in [0.2, 0.25) is 5.02 Å². The van der Waals surface area contributed by atoms with Gasteiger partial charge >= 0.3 is 0 Å². The van der Waals surface area contributed by atoms with Crippen molar-refractivity contribution in [1.29, 1.82) is 0 Å². The van der Waals surface area contributed by atoms with Crippen molar-refractivity contribution in [3.8, 4) is 11.1 Å². The number of nitrogens with zero attached hydrogens (tertiary/aromatic N) is 1. The summed E-state index contributed by atoms with van der Waals surface area (Å²) in [5.41, 5.74) is 5.46. The Labute approximate surface area is 317 Å². The molecule has 2 fully saturated rings. The molecule has 5 aromatic rings. The molecule has 0 aliphatic carbocycles. The molecule has 0 spiro atoms. The Bertz CT molecular complexity index is 2070. The van der Waals surface area contributed by atoms with Crippen molar-refractivity contribution in [2.24, 2.45) is 5.92 Å². The lowest BCUT2D eigenvalue weighted by molar-refractivity contribution is -0.277. The SMILES string of the molecule is C[C@H]1[C@@H](CN2CCC(O)(c3ccc(Cl)cc3)CC2)O[C@@H](c2ccc(-c3ccccc3CNS(=O)(=O)c3ccccc3)cc2)O[C@H]1c1ccc(CO)cc1. The van der Waals surface area contributed by atoms with Crippen molar-refractivity contribution < 1.29 is 28.1 Å². The van der Waals surface area contributed by atoms with Gasteiger partial charge in [-0.2, -0.15) is 0 Å². The van der Waals surface area contributed by atoms with Crippen molar-refractivity contribution in [2.75, 3.05) is 19.6 Å². The van der Waals surface area contributed by atoms with Gasteiger partial charge in [-0.25, -0.2) is 13.1 Å². The molecular weight excluding hydrogens is 708 g/mol. The zero-order valence-corrected chi connectivity index (χ0v) is 31.2. The Morgan fingerprint density at radius 2 is 1.45 bits per heavy atom. The summed E-state index contributed by atoms with van der Waals surface area (Å²) < 4.78 is 42.1. The van der Waals surface area contributed by atoms with Crippen LogP contribution in [0.1, 0.15) is 60.0 Å². The first-order valence-corrected chi connectivity index (χ1v) is 19.9. The van der Waals surface area contributed by atoms with E-state index in [0.29, 0.717) is 24.4 Å². The van der Waals surface area contributed by atoms with Crippen LogP contribution in [0.25, 0.3) is 11.1 Å². The highest BCUT2D eigenvalue weighted by atomic mass is 35.5. The number of piperidine rings is 1. The normalized spacial score (nSPS) is 22.0. The predicted octanol–water partition coefficient (Wildman–Crippen LogP) is 7.75. The quantitative estimate of drug-likeness (QED) is 0.127. The van der Waals surface area contributed by atoms with Gasteiger partial charge in [0, 0.05) is 42.7 Å². The van der Waals surface area contributed by atoms with Crippen molar-refractivity contribution in [3.05, 3.63) is 160 Å². The number of likely N-dealkylation sites (tertiary alicyclic amines) is 1. The minimum absolute atomic E-state index is 0.0223. The fourth-order valence-electron chi connectivity index (χ4n) is 7.37. The van der Waals surface area contributed by atoms with Gasteiger partial charge in [0.1, 0.15) is 0 Å². The number of nitrogens with one attached hydrogen (secondary N) is 1. The zero-order valence-electron chi connectivity index (χ0n) is 29.6. The minimum atomic E-state index is -3.67. The smallest absolute Gasteiger partial charge is 0.240 e. The summed E-state index contributed by atoms with van der Waals surface area (Å²) in [4.78, 5) is 2.59. The minimum Gasteiger partial charge on any atom is -0.392 e. The number of halogens is 1. The van der Waals surface area contributed by atoms with Crippen LogP contribution in [0.5, 0.6) is 0 Å². The molecule has 2 aliphatic rings. The van der Waals surface area contributed by atoms with E-state index in [1.807, 2.05) is 97.1 Å². The van der Waals surface area contributed by atoms with Crippen LogP contribution in [0.4, 0.5) is 0 Å². The van der Waals surface area contributed by atoms with E-state index in [1.54, 1.807) is 30.3 Å². The van der Waals surface area contributed by atoms with Crippen LogP contribution >= 0.6 is 11.6 Å². The fourth-order valence-corrected chi connectivity index (χ4v) is 8.52. The standard InChI is InChI=1S/C43H45ClN2O6S/c1-30-40(28-46-25-23-43(48,24-26-46)36-19-21-37(44)22-20-36)51-42(52-41(30)33-13-11-31(29-47)12-14-33)34-17-15-32(16-18-34)39-10-6-5-7-35(39)27-45-53(49,50)38-8-3-2-4-9-38/h2-22,30,40-42,45,47-48H,23-29H2,1H3/t30-,40+,41+,42+/m0/s1. The summed E-state index contributed by atoms with van der Waals surface area (Å²) in [6.45, 7) is 4.42. The van der Waals surface area contributed by atoms with Crippen LogP contribution in [0.3, 0.4) is 0 Å². The number of benzene rings is 5. The van der Waals surface area contributed by atoms with Gasteiger partial charge in [0.15, 0.2) is 6.29 Å². The van der Waals surface area contributed by atoms with Crippen molar-refractivity contribution in [2.45, 2.75) is 61.9 Å². The maximum atomic E-state index is 12.9. The van der Waals surface area contributed by atoms with Crippen LogP contribution < -0.4 is 4.72 Å². The third-order valence-electron chi connectivity index (χ3n) is 10.6. The maximum absolute atomic E-state index is 12.9. The Morgan fingerprint density at radius 1 is 0.811 bits per heavy atom. The monoisotopic (exact) mass is 752 g/mol. The maximum Gasteiger partial charge on any atom is 0.240 e. The first kappa shape index (κ1) is 37.4. The van der Waals surface area contributed by atoms with Crippen LogP contribution in [0.15, 0.2) is 132 Å². The third kappa shape index (κ3) is 8.59. The van der Waals surface area contributed by atoms with Crippen LogP contribution in [0, 0.1) is 5.92 Å². The topological polar surface area (TPSA) is 108 Å². The Kier molecular flexibility index (Phi) is 11.5. The first-order valence-electron chi connectivity index (χ1n) is 18.1. The van der Waals surface area contributed by atoms with Crippen molar-refractivity contribution >= 4 is 21.6 Å². The number of rotatable bonds is 11. The molecule has 276 valence electrons. The molecule has 0 aromatic heterocycles. The zero-order chi connectivity index (χ0) is 37.0. The molecule has 2 aliphatic heterocycles. The lowest BCUT2D eigenvalue weighted by Gasteiger charge is -2.45. The largest absolute Gasteiger partial charge is 0.392 e. The number of aliphatic hydroxyl groups excluding tert-OH is 1. The predicted molar refractivity (Wildman–Crippen MR) is 206 cm³/mol. The molecule has 53 heavy (non-hydrogen) atoms. The summed E-state index contributed by atoms with van der Waals surface area (Å²) >= 11 is 6.11. The van der Waals surface area contributed by atoms with Gasteiger partial charge in [0.2, 0.25) is 10.0 Å². The second kappa shape index (κ2) is 16.2. The molecule has 7 rings (SSSR count). The Hall–Kier alpha value is -3.90. The van der Waals surface area contributed by atoms with Gasteiger partial charge in [-0.1, -0.05) is 122 Å². The molecule has 0 bridgehead atoms. The highest BCUT2D eigenvalue weighted by molar-refractivity contribution is 7.89. The molecule has 4 atom stereocenters. The average molecular weight is 753 g/mol. The summed E-state index contributed by atoms with van der Waals surface area (Å²) in [6, 6.07) is 39.6. The molecule has 5 aromatic carbocycles. The number of ether oxygens (including phenoxy) is 2. The molecule has 2 saturated heterocycles. The second-order valence-corrected chi connectivity index (χ2v) is 16.3. The van der Waals surface area contributed by atoms with Gasteiger partial charge in [0.05, 0.1) is 29.3 Å². The lowest BCUT2D eigenvalue weighted by atomic mass is 9.84. The van der Waals surface area contributed by atoms with Gasteiger partial charge in [-0.05, 0) is 70.5 Å². The van der Waals surface area contributed by atoms with E-state index in [2.05, 4.69) is 16.5 Å². The summed E-state index contributed by atoms with van der Waals surface area (Å²) in [6.07, 6.45) is 0.185. The molecule has 2 heterocycles. The summed E-state index contributed by atoms with van der Waals surface area (Å²) in [5.74, 6) is 0.0223. The average Bonchev–Trinajstić information content (AvgIpc) is 3.19. The first-order chi connectivity index (χ1) is 25.6. The van der Waals surface area contributed by atoms with E-state index in [0.717, 1.165) is 52.0 Å². The van der Waals surface area contributed by atoms with E-state index in [1.165, 1.54) is 0 Å². The van der Waals surface area contributed by atoms with Gasteiger partial charge in [-0.15, -0.1) is 0 Å². The van der Waals surface area contributed by atoms with E-state index in [4.69, 9.17) is 21.1 Å². The van der Waals surface area contributed by atoms with Crippen LogP contribution in [-0.4, -0.2) is 49.3 Å².